The highest BCUT2D eigenvalue weighted by Gasteiger charge is 2.32. The maximum Gasteiger partial charge on any atom is 0.230 e. The van der Waals surface area contributed by atoms with Gasteiger partial charge in [-0.1, -0.05) is 17.7 Å². The molecular weight excluding hydrogens is 286 g/mol. The molecule has 1 aliphatic heterocycles. The number of nitrogens with one attached hydrogen (secondary N) is 1. The highest BCUT2D eigenvalue weighted by Crippen LogP contribution is 2.32. The van der Waals surface area contributed by atoms with E-state index in [1.165, 1.54) is 11.1 Å². The van der Waals surface area contributed by atoms with Gasteiger partial charge in [-0.15, -0.1) is 0 Å². The summed E-state index contributed by atoms with van der Waals surface area (Å²) in [6, 6.07) is 6.46. The van der Waals surface area contributed by atoms with Crippen LogP contribution < -0.4 is 4.90 Å². The Balaban J connectivity index is 1.59. The van der Waals surface area contributed by atoms with Gasteiger partial charge in [0.25, 0.3) is 0 Å². The van der Waals surface area contributed by atoms with Crippen molar-refractivity contribution in [1.82, 2.24) is 9.97 Å². The van der Waals surface area contributed by atoms with E-state index < -0.39 is 0 Å². The Kier molecular flexibility index (Phi) is 3.47. The molecule has 23 heavy (non-hydrogen) atoms. The molecule has 0 saturated heterocycles. The predicted octanol–water partition coefficient (Wildman–Crippen LogP) is 3.11. The molecule has 2 aliphatic rings. The number of rotatable bonds is 1. The summed E-state index contributed by atoms with van der Waals surface area (Å²) in [6.45, 7) is 4.95. The average Bonchev–Trinajstić information content (AvgIpc) is 2.92. The summed E-state index contributed by atoms with van der Waals surface area (Å²) in [4.78, 5) is 23.0. The van der Waals surface area contributed by atoms with Crippen molar-refractivity contribution in [2.24, 2.45) is 5.92 Å². The third-order valence-corrected chi connectivity index (χ3v) is 5.13. The molecule has 2 heterocycles. The topological polar surface area (TPSA) is 49.0 Å². The van der Waals surface area contributed by atoms with Crippen LogP contribution in [0.25, 0.3) is 0 Å². The number of benzene rings is 1. The summed E-state index contributed by atoms with van der Waals surface area (Å²) >= 11 is 0. The minimum absolute atomic E-state index is 0.0783. The number of aryl methyl sites for hydroxylation is 4. The Hall–Kier alpha value is -2.10. The second kappa shape index (κ2) is 5.52. The molecule has 1 aromatic carbocycles. The fraction of sp³-hybridized carbons (Fsp3) is 0.474. The van der Waals surface area contributed by atoms with Gasteiger partial charge in [-0.2, -0.15) is 0 Å². The van der Waals surface area contributed by atoms with Crippen LogP contribution in [0.4, 0.5) is 5.69 Å². The standard InChI is InChI=1S/C19H23N3O/c1-12-5-8-18-14(10-12)4-3-9-22(18)19(23)15-6-7-16-17(11-15)21-13(2)20-16/h5,8,10,15H,3-4,6-7,9,11H2,1-2H3,(H,20,21)/t15-/m1/s1. The van der Waals surface area contributed by atoms with Crippen molar-refractivity contribution < 1.29 is 4.79 Å². The van der Waals surface area contributed by atoms with Crippen molar-refractivity contribution in [3.05, 3.63) is 46.5 Å². The maximum absolute atomic E-state index is 13.1. The number of fused-ring (bicyclic) bond motifs is 2. The normalized spacial score (nSPS) is 20.1. The molecule has 0 bridgehead atoms. The van der Waals surface area contributed by atoms with Crippen LogP contribution in [0.5, 0.6) is 0 Å². The quantitative estimate of drug-likeness (QED) is 0.880. The molecular formula is C19H23N3O. The number of anilines is 1. The first kappa shape index (κ1) is 14.5. The first-order valence-electron chi connectivity index (χ1n) is 8.57. The van der Waals surface area contributed by atoms with E-state index in [9.17, 15) is 4.79 Å². The molecule has 4 nitrogen and oxygen atoms in total. The molecule has 1 aliphatic carbocycles. The Labute approximate surface area is 136 Å². The molecule has 0 saturated carbocycles. The largest absolute Gasteiger partial charge is 0.346 e. The second-order valence-electron chi connectivity index (χ2n) is 6.91. The van der Waals surface area contributed by atoms with E-state index in [0.29, 0.717) is 0 Å². The van der Waals surface area contributed by atoms with Gasteiger partial charge >= 0.3 is 0 Å². The van der Waals surface area contributed by atoms with Crippen molar-refractivity contribution in [2.75, 3.05) is 11.4 Å². The van der Waals surface area contributed by atoms with E-state index in [0.717, 1.165) is 61.5 Å². The van der Waals surface area contributed by atoms with Gasteiger partial charge in [0.15, 0.2) is 0 Å². The number of hydrogen-bond acceptors (Lipinski definition) is 2. The molecule has 1 N–H and O–H groups in total. The number of aromatic nitrogens is 2. The van der Waals surface area contributed by atoms with Gasteiger partial charge in [-0.3, -0.25) is 4.79 Å². The highest BCUT2D eigenvalue weighted by atomic mass is 16.2. The van der Waals surface area contributed by atoms with Crippen molar-refractivity contribution in [1.29, 1.82) is 0 Å². The number of carbonyl (C=O) groups excluding carboxylic acids is 1. The zero-order valence-corrected chi connectivity index (χ0v) is 13.9. The zero-order chi connectivity index (χ0) is 16.0. The fourth-order valence-corrected chi connectivity index (χ4v) is 4.01. The third kappa shape index (κ3) is 2.56. The molecule has 4 rings (SSSR count). The fourth-order valence-electron chi connectivity index (χ4n) is 4.01. The average molecular weight is 309 g/mol. The van der Waals surface area contributed by atoms with Crippen LogP contribution in [0.2, 0.25) is 0 Å². The molecule has 0 unspecified atom stereocenters. The number of hydrogen-bond donors (Lipinski definition) is 1. The Morgan fingerprint density at radius 3 is 3.04 bits per heavy atom. The molecule has 0 radical (unpaired) electrons. The minimum Gasteiger partial charge on any atom is -0.346 e. The van der Waals surface area contributed by atoms with Crippen molar-refractivity contribution in [3.8, 4) is 0 Å². The molecule has 1 atom stereocenters. The monoisotopic (exact) mass is 309 g/mol. The Morgan fingerprint density at radius 2 is 2.17 bits per heavy atom. The molecule has 1 amide bonds. The van der Waals surface area contributed by atoms with Crippen molar-refractivity contribution >= 4 is 11.6 Å². The van der Waals surface area contributed by atoms with Gasteiger partial charge in [0.1, 0.15) is 5.82 Å². The molecule has 0 fully saturated rings. The van der Waals surface area contributed by atoms with Crippen LogP contribution in [0.1, 0.15) is 41.2 Å². The summed E-state index contributed by atoms with van der Waals surface area (Å²) < 4.78 is 0. The summed E-state index contributed by atoms with van der Waals surface area (Å²) in [5.74, 6) is 1.32. The van der Waals surface area contributed by atoms with Gasteiger partial charge in [0.05, 0.1) is 5.69 Å². The summed E-state index contributed by atoms with van der Waals surface area (Å²) in [7, 11) is 0. The van der Waals surface area contributed by atoms with Crippen LogP contribution in [0.15, 0.2) is 18.2 Å². The van der Waals surface area contributed by atoms with Crippen LogP contribution in [-0.4, -0.2) is 22.4 Å². The second-order valence-corrected chi connectivity index (χ2v) is 6.91. The summed E-state index contributed by atoms with van der Waals surface area (Å²) in [5.41, 5.74) is 6.03. The van der Waals surface area contributed by atoms with E-state index >= 15 is 0 Å². The lowest BCUT2D eigenvalue weighted by atomic mass is 9.87. The number of carbonyl (C=O) groups is 1. The van der Waals surface area contributed by atoms with Crippen LogP contribution in [0.3, 0.4) is 0 Å². The lowest BCUT2D eigenvalue weighted by Crippen LogP contribution is -2.41. The van der Waals surface area contributed by atoms with E-state index in [1.807, 2.05) is 11.8 Å². The van der Waals surface area contributed by atoms with Gasteiger partial charge in [-0.25, -0.2) is 4.98 Å². The van der Waals surface area contributed by atoms with E-state index in [-0.39, 0.29) is 11.8 Å². The molecule has 0 spiro atoms. The molecule has 120 valence electrons. The van der Waals surface area contributed by atoms with Crippen molar-refractivity contribution in [2.45, 2.75) is 46.0 Å². The minimum atomic E-state index is 0.0783. The Morgan fingerprint density at radius 1 is 1.30 bits per heavy atom. The predicted molar refractivity (Wildman–Crippen MR) is 90.7 cm³/mol. The lowest BCUT2D eigenvalue weighted by molar-refractivity contribution is -0.122. The zero-order valence-electron chi connectivity index (χ0n) is 13.9. The smallest absolute Gasteiger partial charge is 0.230 e. The first-order valence-corrected chi connectivity index (χ1v) is 8.57. The number of aromatic amines is 1. The third-order valence-electron chi connectivity index (χ3n) is 5.13. The summed E-state index contributed by atoms with van der Waals surface area (Å²) in [5, 5.41) is 0. The maximum atomic E-state index is 13.1. The summed E-state index contributed by atoms with van der Waals surface area (Å²) in [6.07, 6.45) is 4.75. The molecule has 4 heteroatoms. The van der Waals surface area contributed by atoms with Gasteiger partial charge in [-0.05, 0) is 51.2 Å². The highest BCUT2D eigenvalue weighted by molar-refractivity contribution is 5.96. The number of amides is 1. The number of nitrogens with zero attached hydrogens (tertiary/aromatic N) is 2. The number of imidazole rings is 1. The SMILES string of the molecule is Cc1ccc2c(c1)CCCN2C(=O)[C@@H]1CCc2nc(C)[nH]c2C1. The first-order chi connectivity index (χ1) is 11.1. The van der Waals surface area contributed by atoms with E-state index in [4.69, 9.17) is 0 Å². The Bertz CT molecular complexity index is 762. The number of H-pyrrole nitrogens is 1. The van der Waals surface area contributed by atoms with E-state index in [2.05, 4.69) is 35.1 Å². The van der Waals surface area contributed by atoms with Gasteiger partial charge in [0, 0.05) is 30.3 Å². The van der Waals surface area contributed by atoms with Gasteiger partial charge in [0.2, 0.25) is 5.91 Å². The van der Waals surface area contributed by atoms with Crippen LogP contribution in [0, 0.1) is 19.8 Å². The van der Waals surface area contributed by atoms with E-state index in [1.54, 1.807) is 0 Å². The van der Waals surface area contributed by atoms with Crippen molar-refractivity contribution in [3.63, 3.8) is 0 Å². The van der Waals surface area contributed by atoms with Gasteiger partial charge < -0.3 is 9.88 Å². The lowest BCUT2D eigenvalue weighted by Gasteiger charge is -2.33. The molecule has 2 aromatic rings. The van der Waals surface area contributed by atoms with Crippen LogP contribution in [-0.2, 0) is 24.1 Å². The molecule has 1 aromatic heterocycles. The van der Waals surface area contributed by atoms with Crippen LogP contribution >= 0.6 is 0 Å².